The molecule has 3 aromatic rings. The molecule has 0 saturated carbocycles. The molecule has 7 heteroatoms. The molecule has 124 valence electrons. The van der Waals surface area contributed by atoms with Gasteiger partial charge in [-0.15, -0.1) is 0 Å². The average molecular weight is 328 g/mol. The number of methoxy groups -OCH3 is 1. The molecule has 0 atom stereocenters. The van der Waals surface area contributed by atoms with E-state index >= 15 is 0 Å². The second kappa shape index (κ2) is 6.99. The average Bonchev–Trinajstić information content (AvgIpc) is 3.22. The minimum atomic E-state index is -0.600. The molecule has 0 saturated heterocycles. The molecule has 2 aromatic heterocycles. The number of nitrogens with zero attached hydrogens (tertiary/aromatic N) is 2. The first-order valence-electron chi connectivity index (χ1n) is 7.37. The van der Waals surface area contributed by atoms with Gasteiger partial charge in [-0.25, -0.2) is 9.78 Å². The fraction of sp³-hybridized carbons (Fsp3) is 0.235. The standard InChI is InChI=1S/C17H16N2O5/c1-11-13(18-16(23-11)12-6-4-3-5-7-12)8-9-22-15-10-14(24-19-15)17(20)21-2/h3-7,10H,8-9H2,1-2H3. The van der Waals surface area contributed by atoms with Crippen molar-refractivity contribution >= 4 is 5.97 Å². The van der Waals surface area contributed by atoms with Crippen molar-refractivity contribution in [3.05, 3.63) is 53.6 Å². The lowest BCUT2D eigenvalue weighted by atomic mass is 10.2. The van der Waals surface area contributed by atoms with Gasteiger partial charge >= 0.3 is 5.97 Å². The maximum atomic E-state index is 11.3. The van der Waals surface area contributed by atoms with E-state index in [4.69, 9.17) is 13.7 Å². The van der Waals surface area contributed by atoms with E-state index in [-0.39, 0.29) is 11.6 Å². The molecule has 0 spiro atoms. The molecule has 0 amide bonds. The van der Waals surface area contributed by atoms with Crippen LogP contribution in [0.5, 0.6) is 5.88 Å². The van der Waals surface area contributed by atoms with E-state index in [1.165, 1.54) is 13.2 Å². The number of oxazole rings is 1. The van der Waals surface area contributed by atoms with Crippen molar-refractivity contribution in [1.82, 2.24) is 10.1 Å². The maximum absolute atomic E-state index is 11.3. The Labute approximate surface area is 138 Å². The number of carbonyl (C=O) groups excluding carboxylic acids is 1. The van der Waals surface area contributed by atoms with Gasteiger partial charge in [0.2, 0.25) is 11.7 Å². The van der Waals surface area contributed by atoms with Gasteiger partial charge in [-0.1, -0.05) is 18.2 Å². The van der Waals surface area contributed by atoms with Gasteiger partial charge < -0.3 is 18.4 Å². The molecule has 2 heterocycles. The summed E-state index contributed by atoms with van der Waals surface area (Å²) in [5, 5.41) is 3.65. The highest BCUT2D eigenvalue weighted by molar-refractivity contribution is 5.86. The Balaban J connectivity index is 1.60. The van der Waals surface area contributed by atoms with Crippen molar-refractivity contribution in [3.63, 3.8) is 0 Å². The van der Waals surface area contributed by atoms with Crippen LogP contribution in [0.15, 0.2) is 45.3 Å². The summed E-state index contributed by atoms with van der Waals surface area (Å²) in [6.07, 6.45) is 0.544. The van der Waals surface area contributed by atoms with Gasteiger partial charge in [0.05, 0.1) is 25.5 Å². The van der Waals surface area contributed by atoms with Crippen LogP contribution in [0, 0.1) is 6.92 Å². The van der Waals surface area contributed by atoms with Gasteiger partial charge in [0, 0.05) is 12.0 Å². The molecule has 24 heavy (non-hydrogen) atoms. The fourth-order valence-corrected chi connectivity index (χ4v) is 2.14. The molecule has 0 fully saturated rings. The number of carbonyl (C=O) groups is 1. The fourth-order valence-electron chi connectivity index (χ4n) is 2.14. The number of aromatic nitrogens is 2. The Kier molecular flexibility index (Phi) is 4.60. The molecule has 0 aliphatic carbocycles. The molecule has 0 bridgehead atoms. The number of benzene rings is 1. The Morgan fingerprint density at radius 3 is 2.79 bits per heavy atom. The summed E-state index contributed by atoms with van der Waals surface area (Å²) in [5.41, 5.74) is 1.73. The van der Waals surface area contributed by atoms with Gasteiger partial charge in [-0.05, 0) is 24.2 Å². The first kappa shape index (κ1) is 15.8. The van der Waals surface area contributed by atoms with Crippen molar-refractivity contribution < 1.29 is 23.2 Å². The number of esters is 1. The normalized spacial score (nSPS) is 10.6. The van der Waals surface area contributed by atoms with Gasteiger partial charge in [-0.3, -0.25) is 0 Å². The third-order valence-corrected chi connectivity index (χ3v) is 3.38. The van der Waals surface area contributed by atoms with Gasteiger partial charge in [0.1, 0.15) is 5.76 Å². The van der Waals surface area contributed by atoms with E-state index in [0.29, 0.717) is 18.9 Å². The number of rotatable bonds is 6. The molecule has 0 aliphatic heterocycles. The molecular weight excluding hydrogens is 312 g/mol. The lowest BCUT2D eigenvalue weighted by Crippen LogP contribution is -2.03. The quantitative estimate of drug-likeness (QED) is 0.643. The summed E-state index contributed by atoms with van der Waals surface area (Å²) in [4.78, 5) is 15.8. The van der Waals surface area contributed by atoms with Crippen molar-refractivity contribution in [2.75, 3.05) is 13.7 Å². The maximum Gasteiger partial charge on any atom is 0.377 e. The Morgan fingerprint density at radius 1 is 1.25 bits per heavy atom. The highest BCUT2D eigenvalue weighted by Crippen LogP contribution is 2.22. The third kappa shape index (κ3) is 3.45. The lowest BCUT2D eigenvalue weighted by molar-refractivity contribution is 0.0554. The molecule has 7 nitrogen and oxygen atoms in total. The minimum absolute atomic E-state index is 0.00326. The molecular formula is C17H16N2O5. The van der Waals surface area contributed by atoms with Crippen LogP contribution >= 0.6 is 0 Å². The predicted octanol–water partition coefficient (Wildman–Crippen LogP) is 3.05. The zero-order valence-corrected chi connectivity index (χ0v) is 13.3. The summed E-state index contributed by atoms with van der Waals surface area (Å²) in [7, 11) is 1.27. The third-order valence-electron chi connectivity index (χ3n) is 3.38. The Hall–Kier alpha value is -3.09. The number of hydrogen-bond acceptors (Lipinski definition) is 7. The van der Waals surface area contributed by atoms with E-state index in [1.54, 1.807) is 0 Å². The van der Waals surface area contributed by atoms with Crippen LogP contribution in [0.3, 0.4) is 0 Å². The molecule has 0 radical (unpaired) electrons. The topological polar surface area (TPSA) is 87.6 Å². The largest absolute Gasteiger partial charge is 0.475 e. The summed E-state index contributed by atoms with van der Waals surface area (Å²) in [6, 6.07) is 11.1. The van der Waals surface area contributed by atoms with Crippen molar-refractivity contribution in [2.45, 2.75) is 13.3 Å². The SMILES string of the molecule is COC(=O)c1cc(OCCc2nc(-c3ccccc3)oc2C)no1. The number of hydrogen-bond donors (Lipinski definition) is 0. The van der Waals surface area contributed by atoms with Crippen molar-refractivity contribution in [1.29, 1.82) is 0 Å². The highest BCUT2D eigenvalue weighted by atomic mass is 16.6. The summed E-state index contributed by atoms with van der Waals surface area (Å²) in [6.45, 7) is 2.19. The summed E-state index contributed by atoms with van der Waals surface area (Å²) < 4.78 is 20.5. The first-order chi connectivity index (χ1) is 11.7. The van der Waals surface area contributed by atoms with Crippen molar-refractivity contribution in [2.24, 2.45) is 0 Å². The number of aryl methyl sites for hydroxylation is 1. The molecule has 0 aliphatic rings. The zero-order valence-electron chi connectivity index (χ0n) is 13.3. The summed E-state index contributed by atoms with van der Waals surface area (Å²) >= 11 is 0. The van der Waals surface area contributed by atoms with E-state index < -0.39 is 5.97 Å². The van der Waals surface area contributed by atoms with Gasteiger partial charge in [-0.2, -0.15) is 0 Å². The Morgan fingerprint density at radius 2 is 2.04 bits per heavy atom. The highest BCUT2D eigenvalue weighted by Gasteiger charge is 2.15. The second-order valence-corrected chi connectivity index (χ2v) is 5.01. The van der Waals surface area contributed by atoms with Crippen LogP contribution < -0.4 is 4.74 Å². The van der Waals surface area contributed by atoms with Crippen molar-refractivity contribution in [3.8, 4) is 17.3 Å². The van der Waals surface area contributed by atoms with E-state index in [0.717, 1.165) is 17.0 Å². The predicted molar refractivity (Wildman–Crippen MR) is 83.7 cm³/mol. The van der Waals surface area contributed by atoms with Crippen LogP contribution in [-0.2, 0) is 11.2 Å². The first-order valence-corrected chi connectivity index (χ1v) is 7.37. The second-order valence-electron chi connectivity index (χ2n) is 5.01. The van der Waals surface area contributed by atoms with Gasteiger partial charge in [0.15, 0.2) is 0 Å². The van der Waals surface area contributed by atoms with Crippen LogP contribution in [0.25, 0.3) is 11.5 Å². The molecule has 3 rings (SSSR count). The minimum Gasteiger partial charge on any atom is -0.475 e. The monoisotopic (exact) mass is 328 g/mol. The lowest BCUT2D eigenvalue weighted by Gasteiger charge is -1.99. The van der Waals surface area contributed by atoms with Crippen LogP contribution in [0.4, 0.5) is 0 Å². The van der Waals surface area contributed by atoms with E-state index in [9.17, 15) is 4.79 Å². The smallest absolute Gasteiger partial charge is 0.377 e. The van der Waals surface area contributed by atoms with E-state index in [1.807, 2.05) is 37.3 Å². The van der Waals surface area contributed by atoms with Crippen LogP contribution in [-0.4, -0.2) is 29.8 Å². The van der Waals surface area contributed by atoms with E-state index in [2.05, 4.69) is 14.9 Å². The molecule has 0 unspecified atom stereocenters. The molecule has 0 N–H and O–H groups in total. The van der Waals surface area contributed by atoms with Crippen LogP contribution in [0.2, 0.25) is 0 Å². The zero-order chi connectivity index (χ0) is 16.9. The van der Waals surface area contributed by atoms with Crippen LogP contribution in [0.1, 0.15) is 22.0 Å². The Bertz CT molecular complexity index is 823. The summed E-state index contributed by atoms with van der Waals surface area (Å²) in [5.74, 6) is 0.943. The van der Waals surface area contributed by atoms with Gasteiger partial charge in [0.25, 0.3) is 5.88 Å². The molecule has 1 aromatic carbocycles. The number of ether oxygens (including phenoxy) is 2.